The highest BCUT2D eigenvalue weighted by Gasteiger charge is 2.14. The van der Waals surface area contributed by atoms with Crippen molar-refractivity contribution in [3.8, 4) is 11.5 Å². The first-order chi connectivity index (χ1) is 14.6. The summed E-state index contributed by atoms with van der Waals surface area (Å²) in [5.41, 5.74) is 3.58. The Hall–Kier alpha value is -2.71. The first-order valence-electron chi connectivity index (χ1n) is 9.23. The van der Waals surface area contributed by atoms with Crippen molar-refractivity contribution in [2.75, 3.05) is 5.32 Å². The largest absolute Gasteiger partial charge is 0.436 e. The molecule has 0 aliphatic heterocycles. The number of carbonyl (C=O) groups is 1. The molecular weight excluding hydrogens is 555 g/mol. The number of nitrogens with one attached hydrogen (secondary N) is 1. The van der Waals surface area contributed by atoms with Crippen LogP contribution in [-0.4, -0.2) is 10.9 Å². The molecule has 146 valence electrons. The number of nitrogens with zero attached hydrogens (tertiary/aromatic N) is 1. The maximum absolute atomic E-state index is 12.5. The number of hydrogen-bond acceptors (Lipinski definition) is 3. The first-order valence-corrected chi connectivity index (χ1v) is 11.1. The van der Waals surface area contributed by atoms with Crippen LogP contribution in [0.3, 0.4) is 0 Å². The summed E-state index contributed by atoms with van der Waals surface area (Å²) in [4.78, 5) is 17.2. The number of fused-ring (bicyclic) bond motifs is 2. The molecule has 0 spiro atoms. The summed E-state index contributed by atoms with van der Waals surface area (Å²) in [5, 5.41) is 5.09. The fourth-order valence-corrected chi connectivity index (χ4v) is 4.45. The molecule has 4 nitrogen and oxygen atoms in total. The molecule has 30 heavy (non-hydrogen) atoms. The number of benzene rings is 4. The second kappa shape index (κ2) is 7.85. The van der Waals surface area contributed by atoms with Gasteiger partial charge >= 0.3 is 0 Å². The third kappa shape index (κ3) is 3.61. The van der Waals surface area contributed by atoms with Gasteiger partial charge in [-0.3, -0.25) is 4.79 Å². The van der Waals surface area contributed by atoms with E-state index in [4.69, 9.17) is 4.42 Å². The molecule has 0 bridgehead atoms. The maximum atomic E-state index is 12.5. The van der Waals surface area contributed by atoms with E-state index in [1.807, 2.05) is 60.7 Å². The van der Waals surface area contributed by atoms with Crippen LogP contribution in [0.25, 0.3) is 33.3 Å². The molecule has 1 amide bonds. The minimum absolute atomic E-state index is 0.157. The highest BCUT2D eigenvalue weighted by molar-refractivity contribution is 14.1. The Kier molecular flexibility index (Phi) is 5.04. The third-order valence-corrected chi connectivity index (χ3v) is 6.19. The van der Waals surface area contributed by atoms with Crippen LogP contribution in [0.2, 0.25) is 0 Å². The van der Waals surface area contributed by atoms with E-state index in [9.17, 15) is 4.79 Å². The second-order valence-corrected chi connectivity index (χ2v) is 8.91. The minimum Gasteiger partial charge on any atom is -0.436 e. The third-order valence-electron chi connectivity index (χ3n) is 4.83. The lowest BCUT2D eigenvalue weighted by atomic mass is 10.0. The fraction of sp³-hybridized carbons (Fsp3) is 0. The van der Waals surface area contributed by atoms with Crippen LogP contribution in [-0.2, 0) is 0 Å². The normalized spacial score (nSPS) is 11.1. The lowest BCUT2D eigenvalue weighted by Gasteiger charge is -2.05. The summed E-state index contributed by atoms with van der Waals surface area (Å²) in [6.07, 6.45) is 0. The monoisotopic (exact) mass is 568 g/mol. The number of halogens is 2. The topological polar surface area (TPSA) is 55.1 Å². The number of amides is 1. The van der Waals surface area contributed by atoms with Gasteiger partial charge in [0.25, 0.3) is 5.91 Å². The maximum Gasteiger partial charge on any atom is 0.255 e. The van der Waals surface area contributed by atoms with Crippen molar-refractivity contribution in [2.24, 2.45) is 0 Å². The van der Waals surface area contributed by atoms with Gasteiger partial charge in [0.05, 0.1) is 0 Å². The molecule has 6 heteroatoms. The Balaban J connectivity index is 1.51. The van der Waals surface area contributed by atoms with Crippen LogP contribution in [0.15, 0.2) is 87.8 Å². The Morgan fingerprint density at radius 1 is 0.933 bits per heavy atom. The molecule has 0 saturated heterocycles. The van der Waals surface area contributed by atoms with Gasteiger partial charge in [-0.2, -0.15) is 0 Å². The molecule has 0 unspecified atom stereocenters. The Morgan fingerprint density at radius 3 is 2.60 bits per heavy atom. The zero-order valence-electron chi connectivity index (χ0n) is 15.5. The van der Waals surface area contributed by atoms with Crippen molar-refractivity contribution in [2.45, 2.75) is 0 Å². The molecule has 0 saturated carbocycles. The molecule has 1 aromatic heterocycles. The van der Waals surface area contributed by atoms with Crippen LogP contribution < -0.4 is 5.32 Å². The van der Waals surface area contributed by atoms with E-state index < -0.39 is 0 Å². The van der Waals surface area contributed by atoms with Gasteiger partial charge in [0.1, 0.15) is 5.52 Å². The molecule has 1 N–H and O–H groups in total. The zero-order chi connectivity index (χ0) is 20.7. The number of hydrogen-bond donors (Lipinski definition) is 1. The van der Waals surface area contributed by atoms with Crippen molar-refractivity contribution in [1.29, 1.82) is 0 Å². The van der Waals surface area contributed by atoms with Crippen molar-refractivity contribution in [3.63, 3.8) is 0 Å². The number of oxazole rings is 1. The number of carbonyl (C=O) groups excluding carboxylic acids is 1. The molecule has 0 radical (unpaired) electrons. The van der Waals surface area contributed by atoms with Crippen LogP contribution in [0.4, 0.5) is 5.69 Å². The summed E-state index contributed by atoms with van der Waals surface area (Å²) in [5.74, 6) is 0.394. The highest BCUT2D eigenvalue weighted by Crippen LogP contribution is 2.34. The minimum atomic E-state index is -0.157. The van der Waals surface area contributed by atoms with Crippen molar-refractivity contribution >= 4 is 72.0 Å². The molecule has 5 rings (SSSR count). The first kappa shape index (κ1) is 19.3. The van der Waals surface area contributed by atoms with Crippen molar-refractivity contribution < 1.29 is 9.21 Å². The quantitative estimate of drug-likeness (QED) is 0.233. The van der Waals surface area contributed by atoms with Crippen molar-refractivity contribution in [3.05, 3.63) is 92.5 Å². The smallest absolute Gasteiger partial charge is 0.255 e. The van der Waals surface area contributed by atoms with Gasteiger partial charge in [-0.15, -0.1) is 0 Å². The molecule has 0 aliphatic rings. The summed E-state index contributed by atoms with van der Waals surface area (Å²) in [6, 6.07) is 25.1. The lowest BCUT2D eigenvalue weighted by molar-refractivity contribution is 0.102. The Labute approximate surface area is 194 Å². The SMILES string of the molecule is O=C(Nc1ccc2oc(-c3cccc4c(Br)cccc34)nc2c1)c1cccc(I)c1. The second-order valence-electron chi connectivity index (χ2n) is 6.81. The van der Waals surface area contributed by atoms with Crippen LogP contribution in [0.1, 0.15) is 10.4 Å². The van der Waals surface area contributed by atoms with E-state index in [2.05, 4.69) is 61.0 Å². The molecule has 5 aromatic rings. The number of rotatable bonds is 3. The molecule has 0 fully saturated rings. The fourth-order valence-electron chi connectivity index (χ4n) is 3.41. The molecular formula is C24H14BrIN2O2. The number of aromatic nitrogens is 1. The summed E-state index contributed by atoms with van der Waals surface area (Å²) in [7, 11) is 0. The van der Waals surface area contributed by atoms with Gasteiger partial charge in [0.15, 0.2) is 5.58 Å². The molecule has 0 aliphatic carbocycles. The highest BCUT2D eigenvalue weighted by atomic mass is 127. The van der Waals surface area contributed by atoms with Gasteiger partial charge in [-0.25, -0.2) is 4.98 Å². The van der Waals surface area contributed by atoms with E-state index in [1.165, 1.54) is 0 Å². The van der Waals surface area contributed by atoms with E-state index in [0.29, 0.717) is 28.2 Å². The standard InChI is InChI=1S/C24H14BrIN2O2/c25-20-9-3-6-17-18(20)7-2-8-19(17)24-28-21-13-16(10-11-22(21)30-24)27-23(29)14-4-1-5-15(26)12-14/h1-13H,(H,27,29). The Bertz CT molecular complexity index is 1430. The lowest BCUT2D eigenvalue weighted by Crippen LogP contribution is -2.11. The molecule has 0 atom stereocenters. The van der Waals surface area contributed by atoms with Crippen LogP contribution in [0.5, 0.6) is 0 Å². The number of anilines is 1. The molecule has 4 aromatic carbocycles. The average Bonchev–Trinajstić information content (AvgIpc) is 3.17. The van der Waals surface area contributed by atoms with Gasteiger partial charge < -0.3 is 9.73 Å². The predicted octanol–water partition coefficient (Wildman–Crippen LogP) is 7.27. The molecule has 1 heterocycles. The average molecular weight is 569 g/mol. The van der Waals surface area contributed by atoms with Crippen LogP contribution in [0, 0.1) is 3.57 Å². The predicted molar refractivity (Wildman–Crippen MR) is 132 cm³/mol. The van der Waals surface area contributed by atoms with Gasteiger partial charge in [0.2, 0.25) is 5.89 Å². The zero-order valence-corrected chi connectivity index (χ0v) is 19.3. The van der Waals surface area contributed by atoms with Crippen LogP contribution >= 0.6 is 38.5 Å². The van der Waals surface area contributed by atoms with E-state index in [0.717, 1.165) is 24.4 Å². The van der Waals surface area contributed by atoms with Gasteiger partial charge in [-0.1, -0.05) is 46.3 Å². The van der Waals surface area contributed by atoms with Gasteiger partial charge in [0, 0.05) is 24.9 Å². The van der Waals surface area contributed by atoms with E-state index >= 15 is 0 Å². The van der Waals surface area contributed by atoms with Gasteiger partial charge in [-0.05, 0) is 81.9 Å². The van der Waals surface area contributed by atoms with E-state index in [1.54, 1.807) is 6.07 Å². The van der Waals surface area contributed by atoms with E-state index in [-0.39, 0.29) is 5.91 Å². The van der Waals surface area contributed by atoms with Crippen molar-refractivity contribution in [1.82, 2.24) is 4.98 Å². The summed E-state index contributed by atoms with van der Waals surface area (Å²) < 4.78 is 8.06. The Morgan fingerprint density at radius 2 is 1.73 bits per heavy atom. The summed E-state index contributed by atoms with van der Waals surface area (Å²) in [6.45, 7) is 0. The summed E-state index contributed by atoms with van der Waals surface area (Å²) >= 11 is 5.79.